The number of carbonyl (C=O) groups is 1. The summed E-state index contributed by atoms with van der Waals surface area (Å²) < 4.78 is 28.5. The van der Waals surface area contributed by atoms with Crippen LogP contribution in [0.5, 0.6) is 0 Å². The van der Waals surface area contributed by atoms with E-state index in [0.29, 0.717) is 12.1 Å². The summed E-state index contributed by atoms with van der Waals surface area (Å²) in [5.74, 6) is 0. The Balaban J connectivity index is 2.40. The first kappa shape index (κ1) is 28.1. The van der Waals surface area contributed by atoms with Crippen LogP contribution in [0.2, 0.25) is 0 Å². The van der Waals surface area contributed by atoms with Gasteiger partial charge < -0.3 is 20.8 Å². The van der Waals surface area contributed by atoms with Crippen LogP contribution in [0.25, 0.3) is 0 Å². The molecule has 0 bridgehead atoms. The zero-order valence-corrected chi connectivity index (χ0v) is 21.1. The van der Waals surface area contributed by atoms with Gasteiger partial charge >= 0.3 is 6.09 Å². The van der Waals surface area contributed by atoms with Crippen molar-refractivity contribution in [1.82, 2.24) is 9.62 Å². The molecule has 0 spiro atoms. The fourth-order valence-electron chi connectivity index (χ4n) is 3.81. The van der Waals surface area contributed by atoms with Crippen LogP contribution in [-0.4, -0.2) is 61.3 Å². The summed E-state index contributed by atoms with van der Waals surface area (Å²) >= 11 is 0. The number of sulfonamides is 1. The number of amides is 1. The topological polar surface area (TPSA) is 143 Å². The lowest BCUT2D eigenvalue weighted by Crippen LogP contribution is -2.51. The van der Waals surface area contributed by atoms with Crippen LogP contribution >= 0.6 is 0 Å². The first-order chi connectivity index (χ1) is 16.5. The molecule has 2 atom stereocenters. The number of carboxylic acid groups (broad SMARTS) is 1. The number of benzene rings is 2. The largest absolute Gasteiger partial charge is 0.465 e. The number of rotatable bonds is 13. The van der Waals surface area contributed by atoms with Crippen LogP contribution in [0, 0.1) is 16.7 Å². The fourth-order valence-corrected chi connectivity index (χ4v) is 5.50. The molecule has 0 unspecified atom stereocenters. The number of anilines is 1. The van der Waals surface area contributed by atoms with E-state index in [9.17, 15) is 23.4 Å². The number of nitriles is 1. The molecule has 2 aromatic carbocycles. The molecule has 4 N–H and O–H groups in total. The maximum atomic E-state index is 13.7. The lowest BCUT2D eigenvalue weighted by molar-refractivity contribution is 0.0908. The zero-order chi connectivity index (χ0) is 26.1. The Bertz CT molecular complexity index is 1120. The summed E-state index contributed by atoms with van der Waals surface area (Å²) in [6, 6.07) is 16.6. The van der Waals surface area contributed by atoms with E-state index >= 15 is 0 Å². The monoisotopic (exact) mass is 502 g/mol. The number of nitrogens with zero attached hydrogens (tertiary/aromatic N) is 2. The van der Waals surface area contributed by atoms with E-state index in [-0.39, 0.29) is 30.8 Å². The van der Waals surface area contributed by atoms with E-state index in [2.05, 4.69) is 16.7 Å². The van der Waals surface area contributed by atoms with Gasteiger partial charge in [0.25, 0.3) is 0 Å². The van der Waals surface area contributed by atoms with E-state index in [0.717, 1.165) is 5.56 Å². The molecular weight excluding hydrogens is 468 g/mol. The molecule has 1 amide bonds. The Morgan fingerprint density at radius 1 is 1.17 bits per heavy atom. The molecule has 2 aromatic rings. The highest BCUT2D eigenvalue weighted by molar-refractivity contribution is 7.89. The summed E-state index contributed by atoms with van der Waals surface area (Å²) in [5.41, 5.74) is 0.860. The van der Waals surface area contributed by atoms with Crippen molar-refractivity contribution in [3.8, 4) is 6.07 Å². The van der Waals surface area contributed by atoms with E-state index in [1.807, 2.05) is 44.2 Å². The molecule has 0 radical (unpaired) electrons. The standard InChI is InChI=1S/C25H34N4O5S/c1-25(2,13-8-14-26)18-29(35(33,34)21-12-7-11-20(16-21)27-3)17-23(30)22(28-24(31)32)15-19-9-5-4-6-10-19/h4-7,9-12,16,22-23,27-28,30H,8,13,15,17-18H2,1-3H3,(H,31,32)/t22-,23+/m0/s1. The van der Waals surface area contributed by atoms with Gasteiger partial charge in [-0.15, -0.1) is 0 Å². The summed E-state index contributed by atoms with van der Waals surface area (Å²) in [6.45, 7) is 3.45. The molecule has 0 aliphatic rings. The number of aliphatic hydroxyl groups is 1. The molecule has 0 aliphatic heterocycles. The SMILES string of the molecule is CNc1cccc(S(=O)(=O)N(C[C@@H](O)[C@H](Cc2ccccc2)NC(=O)O)CC(C)(C)CCC#N)c1. The van der Waals surface area contributed by atoms with Crippen molar-refractivity contribution >= 4 is 21.8 Å². The first-order valence-electron chi connectivity index (χ1n) is 11.3. The minimum Gasteiger partial charge on any atom is -0.465 e. The molecule has 10 heteroatoms. The van der Waals surface area contributed by atoms with Gasteiger partial charge in [-0.2, -0.15) is 9.57 Å². The predicted molar refractivity (Wildman–Crippen MR) is 134 cm³/mol. The van der Waals surface area contributed by atoms with Crippen LogP contribution in [0.1, 0.15) is 32.3 Å². The second-order valence-corrected chi connectivity index (χ2v) is 11.1. The van der Waals surface area contributed by atoms with E-state index in [1.165, 1.54) is 16.4 Å². The Kier molecular flexibility index (Phi) is 10.1. The molecule has 0 aliphatic carbocycles. The van der Waals surface area contributed by atoms with Gasteiger partial charge in [-0.3, -0.25) is 0 Å². The molecule has 35 heavy (non-hydrogen) atoms. The van der Waals surface area contributed by atoms with Gasteiger partial charge in [0.15, 0.2) is 0 Å². The van der Waals surface area contributed by atoms with Crippen molar-refractivity contribution in [2.24, 2.45) is 5.41 Å². The maximum Gasteiger partial charge on any atom is 0.404 e. The van der Waals surface area contributed by atoms with Crippen molar-refractivity contribution in [3.63, 3.8) is 0 Å². The second-order valence-electron chi connectivity index (χ2n) is 9.21. The van der Waals surface area contributed by atoms with Gasteiger partial charge in [0.05, 0.1) is 23.1 Å². The third-order valence-corrected chi connectivity index (χ3v) is 7.55. The van der Waals surface area contributed by atoms with Crippen LogP contribution in [0.4, 0.5) is 10.5 Å². The third-order valence-electron chi connectivity index (χ3n) is 5.74. The zero-order valence-electron chi connectivity index (χ0n) is 20.3. The van der Waals surface area contributed by atoms with Crippen molar-refractivity contribution in [3.05, 3.63) is 60.2 Å². The molecular formula is C25H34N4O5S. The fraction of sp³-hybridized carbons (Fsp3) is 0.440. The van der Waals surface area contributed by atoms with Gasteiger partial charge in [0, 0.05) is 32.2 Å². The number of hydrogen-bond donors (Lipinski definition) is 4. The number of nitrogens with one attached hydrogen (secondary N) is 2. The summed E-state index contributed by atoms with van der Waals surface area (Å²) in [4.78, 5) is 11.5. The van der Waals surface area contributed by atoms with Crippen LogP contribution < -0.4 is 10.6 Å². The summed E-state index contributed by atoms with van der Waals surface area (Å²) in [6.07, 6.45) is -1.72. The number of hydrogen-bond acceptors (Lipinski definition) is 6. The van der Waals surface area contributed by atoms with E-state index in [4.69, 9.17) is 5.26 Å². The van der Waals surface area contributed by atoms with E-state index < -0.39 is 33.7 Å². The number of aliphatic hydroxyl groups excluding tert-OH is 1. The Hall–Kier alpha value is -3.13. The lowest BCUT2D eigenvalue weighted by atomic mass is 9.88. The van der Waals surface area contributed by atoms with Gasteiger partial charge in [-0.1, -0.05) is 50.2 Å². The second kappa shape index (κ2) is 12.5. The van der Waals surface area contributed by atoms with Crippen molar-refractivity contribution in [2.75, 3.05) is 25.5 Å². The van der Waals surface area contributed by atoms with Crippen LogP contribution in [0.3, 0.4) is 0 Å². The molecule has 0 saturated heterocycles. The molecule has 190 valence electrons. The molecule has 0 saturated carbocycles. The smallest absolute Gasteiger partial charge is 0.404 e. The Morgan fingerprint density at radius 3 is 2.46 bits per heavy atom. The Labute approximate surface area is 207 Å². The highest BCUT2D eigenvalue weighted by Gasteiger charge is 2.34. The maximum absolute atomic E-state index is 13.7. The quantitative estimate of drug-likeness (QED) is 0.329. The van der Waals surface area contributed by atoms with Gasteiger partial charge in [0.2, 0.25) is 10.0 Å². The van der Waals surface area contributed by atoms with E-state index in [1.54, 1.807) is 19.2 Å². The highest BCUT2D eigenvalue weighted by Crippen LogP contribution is 2.28. The van der Waals surface area contributed by atoms with Crippen LogP contribution in [-0.2, 0) is 16.4 Å². The first-order valence-corrected chi connectivity index (χ1v) is 12.8. The van der Waals surface area contributed by atoms with Crippen molar-refractivity contribution < 1.29 is 23.4 Å². The minimum absolute atomic E-state index is 0.0446. The average Bonchev–Trinajstić information content (AvgIpc) is 2.82. The van der Waals surface area contributed by atoms with Gasteiger partial charge in [0.1, 0.15) is 0 Å². The summed E-state index contributed by atoms with van der Waals surface area (Å²) in [5, 5.41) is 34.7. The molecule has 0 heterocycles. The summed E-state index contributed by atoms with van der Waals surface area (Å²) in [7, 11) is -2.36. The van der Waals surface area contributed by atoms with Gasteiger partial charge in [-0.05, 0) is 42.0 Å². The highest BCUT2D eigenvalue weighted by atomic mass is 32.2. The average molecular weight is 503 g/mol. The lowest BCUT2D eigenvalue weighted by Gasteiger charge is -2.34. The van der Waals surface area contributed by atoms with Crippen molar-refractivity contribution in [1.29, 1.82) is 5.26 Å². The third kappa shape index (κ3) is 8.55. The molecule has 2 rings (SSSR count). The van der Waals surface area contributed by atoms with Crippen LogP contribution in [0.15, 0.2) is 59.5 Å². The minimum atomic E-state index is -4.05. The normalized spacial score (nSPS) is 13.6. The molecule has 0 fully saturated rings. The van der Waals surface area contributed by atoms with Crippen molar-refractivity contribution in [2.45, 2.75) is 50.2 Å². The predicted octanol–water partition coefficient (Wildman–Crippen LogP) is 3.29. The molecule has 0 aromatic heterocycles. The Morgan fingerprint density at radius 2 is 1.86 bits per heavy atom. The molecule has 9 nitrogen and oxygen atoms in total. The van der Waals surface area contributed by atoms with Gasteiger partial charge in [-0.25, -0.2) is 13.2 Å².